The van der Waals surface area contributed by atoms with Crippen LogP contribution in [0.2, 0.25) is 0 Å². The van der Waals surface area contributed by atoms with Gasteiger partial charge in [-0.25, -0.2) is 5.10 Å². The Morgan fingerprint density at radius 1 is 1.64 bits per heavy atom. The lowest BCUT2D eigenvalue weighted by Gasteiger charge is -2.11. The van der Waals surface area contributed by atoms with Crippen LogP contribution in [0.1, 0.15) is 12.8 Å². The van der Waals surface area contributed by atoms with E-state index in [1.807, 2.05) is 11.9 Å². The first kappa shape index (κ1) is 6.45. The number of nitrogens with zero attached hydrogens (tertiary/aromatic N) is 3. The average Bonchev–Trinajstić information content (AvgIpc) is 2.74. The van der Waals surface area contributed by atoms with Crippen LogP contribution in [0.4, 0.5) is 11.9 Å². The number of hydrogen-bond donors (Lipinski definition) is 2. The van der Waals surface area contributed by atoms with Gasteiger partial charge < -0.3 is 10.6 Å². The van der Waals surface area contributed by atoms with Crippen molar-refractivity contribution >= 4 is 11.9 Å². The molecule has 1 heterocycles. The molecule has 0 saturated heterocycles. The highest BCUT2D eigenvalue weighted by Gasteiger charge is 2.28. The Morgan fingerprint density at radius 2 is 2.36 bits per heavy atom. The zero-order valence-corrected chi connectivity index (χ0v) is 6.41. The van der Waals surface area contributed by atoms with Crippen LogP contribution in [0.5, 0.6) is 0 Å². The molecule has 1 aliphatic rings. The maximum absolute atomic E-state index is 5.38. The number of nitrogens with two attached hydrogens (primary N) is 1. The number of hydrogen-bond acceptors (Lipinski definition) is 4. The fourth-order valence-corrected chi connectivity index (χ4v) is 1.05. The van der Waals surface area contributed by atoms with E-state index in [4.69, 9.17) is 5.73 Å². The van der Waals surface area contributed by atoms with Gasteiger partial charge in [0.25, 0.3) is 0 Å². The molecule has 1 saturated carbocycles. The molecule has 1 aromatic heterocycles. The molecule has 1 fully saturated rings. The molecule has 60 valence electrons. The highest BCUT2D eigenvalue weighted by Crippen LogP contribution is 2.27. The summed E-state index contributed by atoms with van der Waals surface area (Å²) < 4.78 is 0. The molecule has 5 nitrogen and oxygen atoms in total. The summed E-state index contributed by atoms with van der Waals surface area (Å²) in [5.41, 5.74) is 5.38. The van der Waals surface area contributed by atoms with Gasteiger partial charge in [-0.05, 0) is 12.8 Å². The first-order valence-corrected chi connectivity index (χ1v) is 3.68. The second-order valence-corrected chi connectivity index (χ2v) is 2.86. The molecule has 2 rings (SSSR count). The number of aromatic nitrogens is 3. The molecule has 3 N–H and O–H groups in total. The Bertz CT molecular complexity index is 251. The normalized spacial score (nSPS) is 16.8. The summed E-state index contributed by atoms with van der Waals surface area (Å²) in [4.78, 5) is 6.06. The third-order valence-electron chi connectivity index (χ3n) is 1.90. The van der Waals surface area contributed by atoms with Gasteiger partial charge in [0.05, 0.1) is 0 Å². The van der Waals surface area contributed by atoms with Gasteiger partial charge in [-0.2, -0.15) is 4.98 Å². The summed E-state index contributed by atoms with van der Waals surface area (Å²) in [6.45, 7) is 0. The van der Waals surface area contributed by atoms with E-state index < -0.39 is 0 Å². The van der Waals surface area contributed by atoms with E-state index in [1.54, 1.807) is 0 Å². The Hall–Kier alpha value is -1.26. The minimum absolute atomic E-state index is 0.382. The van der Waals surface area contributed by atoms with E-state index >= 15 is 0 Å². The summed E-state index contributed by atoms with van der Waals surface area (Å²) in [5, 5.41) is 6.55. The first-order valence-electron chi connectivity index (χ1n) is 3.68. The molecular weight excluding hydrogens is 142 g/mol. The minimum atomic E-state index is 0.382. The van der Waals surface area contributed by atoms with Crippen LogP contribution in [0.25, 0.3) is 0 Å². The van der Waals surface area contributed by atoms with E-state index in [0.717, 1.165) is 0 Å². The number of aromatic amines is 1. The lowest BCUT2D eigenvalue weighted by molar-refractivity contribution is 0.865. The summed E-state index contributed by atoms with van der Waals surface area (Å²) >= 11 is 0. The van der Waals surface area contributed by atoms with Crippen molar-refractivity contribution in [3.05, 3.63) is 0 Å². The maximum Gasteiger partial charge on any atom is 0.246 e. The number of nitrogen functional groups attached to an aromatic ring is 1. The molecule has 0 aromatic carbocycles. The second kappa shape index (κ2) is 2.11. The van der Waals surface area contributed by atoms with Crippen molar-refractivity contribution in [1.82, 2.24) is 15.2 Å². The van der Waals surface area contributed by atoms with Crippen molar-refractivity contribution in [3.8, 4) is 0 Å². The Kier molecular flexibility index (Phi) is 1.24. The third kappa shape index (κ3) is 1.13. The van der Waals surface area contributed by atoms with Crippen LogP contribution < -0.4 is 10.6 Å². The fraction of sp³-hybridized carbons (Fsp3) is 0.667. The van der Waals surface area contributed by atoms with Crippen molar-refractivity contribution in [2.24, 2.45) is 0 Å². The number of H-pyrrole nitrogens is 1. The number of rotatable bonds is 2. The van der Waals surface area contributed by atoms with E-state index in [1.165, 1.54) is 12.8 Å². The molecule has 0 unspecified atom stereocenters. The fourth-order valence-electron chi connectivity index (χ4n) is 1.05. The molecule has 5 heteroatoms. The molecule has 1 aromatic rings. The molecule has 0 aliphatic heterocycles. The monoisotopic (exact) mass is 153 g/mol. The predicted molar refractivity (Wildman–Crippen MR) is 42.2 cm³/mol. The van der Waals surface area contributed by atoms with Gasteiger partial charge in [-0.3, -0.25) is 0 Å². The zero-order chi connectivity index (χ0) is 7.84. The Morgan fingerprint density at radius 3 is 2.82 bits per heavy atom. The van der Waals surface area contributed by atoms with Gasteiger partial charge in [0.1, 0.15) is 0 Å². The standard InChI is InChI=1S/C6H11N5/c1-11(4-2-3-4)6-8-5(7)9-10-6/h4H,2-3H2,1H3,(H3,7,8,9,10). The summed E-state index contributed by atoms with van der Waals surface area (Å²) in [6, 6.07) is 0.630. The largest absolute Gasteiger partial charge is 0.368 e. The summed E-state index contributed by atoms with van der Waals surface area (Å²) in [7, 11) is 1.99. The van der Waals surface area contributed by atoms with Crippen molar-refractivity contribution < 1.29 is 0 Å². The molecule has 11 heavy (non-hydrogen) atoms. The van der Waals surface area contributed by atoms with E-state index in [-0.39, 0.29) is 0 Å². The van der Waals surface area contributed by atoms with Crippen LogP contribution in [-0.2, 0) is 0 Å². The van der Waals surface area contributed by atoms with Crippen molar-refractivity contribution in [2.45, 2.75) is 18.9 Å². The highest BCUT2D eigenvalue weighted by molar-refractivity contribution is 5.35. The first-order chi connectivity index (χ1) is 5.27. The quantitative estimate of drug-likeness (QED) is 0.626. The molecule has 1 aliphatic carbocycles. The van der Waals surface area contributed by atoms with E-state index in [9.17, 15) is 0 Å². The number of anilines is 2. The number of nitrogens with one attached hydrogen (secondary N) is 1. The van der Waals surface area contributed by atoms with Crippen molar-refractivity contribution in [3.63, 3.8) is 0 Å². The van der Waals surface area contributed by atoms with Crippen LogP contribution in [-0.4, -0.2) is 28.3 Å². The predicted octanol–water partition coefficient (Wildman–Crippen LogP) is -0.0145. The van der Waals surface area contributed by atoms with Crippen LogP contribution in [0, 0.1) is 0 Å². The Labute approximate surface area is 64.6 Å². The SMILES string of the molecule is CN(c1n[nH]c(N)n1)C1CC1. The minimum Gasteiger partial charge on any atom is -0.368 e. The van der Waals surface area contributed by atoms with Gasteiger partial charge in [0, 0.05) is 13.1 Å². The zero-order valence-electron chi connectivity index (χ0n) is 6.41. The topological polar surface area (TPSA) is 70.8 Å². The molecule has 0 spiro atoms. The van der Waals surface area contributed by atoms with Crippen molar-refractivity contribution in [1.29, 1.82) is 0 Å². The van der Waals surface area contributed by atoms with Gasteiger partial charge in [-0.15, -0.1) is 5.10 Å². The van der Waals surface area contributed by atoms with Gasteiger partial charge in [-0.1, -0.05) is 0 Å². The lowest BCUT2D eigenvalue weighted by Crippen LogP contribution is -2.20. The molecule has 0 atom stereocenters. The second-order valence-electron chi connectivity index (χ2n) is 2.86. The average molecular weight is 153 g/mol. The van der Waals surface area contributed by atoms with Crippen LogP contribution >= 0.6 is 0 Å². The van der Waals surface area contributed by atoms with Gasteiger partial charge in [0.15, 0.2) is 0 Å². The lowest BCUT2D eigenvalue weighted by atomic mass is 10.6. The van der Waals surface area contributed by atoms with Crippen LogP contribution in [0.15, 0.2) is 0 Å². The third-order valence-corrected chi connectivity index (χ3v) is 1.90. The van der Waals surface area contributed by atoms with Crippen molar-refractivity contribution in [2.75, 3.05) is 17.7 Å². The molecule has 0 amide bonds. The maximum atomic E-state index is 5.38. The summed E-state index contributed by atoms with van der Waals surface area (Å²) in [6.07, 6.45) is 2.48. The van der Waals surface area contributed by atoms with E-state index in [0.29, 0.717) is 17.9 Å². The molecular formula is C6H11N5. The molecule has 0 bridgehead atoms. The Balaban J connectivity index is 2.14. The van der Waals surface area contributed by atoms with Gasteiger partial charge >= 0.3 is 0 Å². The van der Waals surface area contributed by atoms with Crippen LogP contribution in [0.3, 0.4) is 0 Å². The van der Waals surface area contributed by atoms with Gasteiger partial charge in [0.2, 0.25) is 11.9 Å². The summed E-state index contributed by atoms with van der Waals surface area (Å²) in [5.74, 6) is 1.08. The molecule has 0 radical (unpaired) electrons. The van der Waals surface area contributed by atoms with E-state index in [2.05, 4.69) is 15.2 Å². The highest BCUT2D eigenvalue weighted by atomic mass is 15.4. The smallest absolute Gasteiger partial charge is 0.246 e.